The molecule has 9 heteroatoms. The summed E-state index contributed by atoms with van der Waals surface area (Å²) in [4.78, 5) is 14.6. The fourth-order valence-corrected chi connectivity index (χ4v) is 3.26. The largest absolute Gasteiger partial charge is 0.350 e. The predicted octanol–water partition coefficient (Wildman–Crippen LogP) is 1.67. The van der Waals surface area contributed by atoms with E-state index >= 15 is 0 Å². The van der Waals surface area contributed by atoms with Crippen molar-refractivity contribution in [3.63, 3.8) is 0 Å². The molecule has 2 heterocycles. The molecule has 146 valence electrons. The fraction of sp³-hybridized carbons (Fsp3) is 0.812. The van der Waals surface area contributed by atoms with Gasteiger partial charge < -0.3 is 15.5 Å². The molecule has 0 atom stereocenters. The Hall–Kier alpha value is -0.890. The van der Waals surface area contributed by atoms with Gasteiger partial charge in [0.25, 0.3) is 5.91 Å². The van der Waals surface area contributed by atoms with Gasteiger partial charge >= 0.3 is 0 Å². The Morgan fingerprint density at radius 2 is 1.92 bits per heavy atom. The van der Waals surface area contributed by atoms with Crippen molar-refractivity contribution in [1.82, 2.24) is 30.5 Å². The summed E-state index contributed by atoms with van der Waals surface area (Å²) in [7, 11) is 4.08. The first-order chi connectivity index (χ1) is 10.8. The Bertz CT molecular complexity index is 541. The summed E-state index contributed by atoms with van der Waals surface area (Å²) in [6, 6.07) is 0.343. The highest BCUT2D eigenvalue weighted by Gasteiger charge is 2.25. The summed E-state index contributed by atoms with van der Waals surface area (Å²) >= 11 is 0. The second kappa shape index (κ2) is 10.3. The number of carbonyl (C=O) groups is 1. The van der Waals surface area contributed by atoms with Gasteiger partial charge in [0.05, 0.1) is 11.7 Å². The maximum atomic E-state index is 12.4. The first-order valence-corrected chi connectivity index (χ1v) is 8.35. The zero-order chi connectivity index (χ0) is 17.0. The van der Waals surface area contributed by atoms with E-state index in [-0.39, 0.29) is 36.1 Å². The molecule has 1 aromatic rings. The Labute approximate surface area is 163 Å². The van der Waals surface area contributed by atoms with Crippen LogP contribution in [0.5, 0.6) is 0 Å². The van der Waals surface area contributed by atoms with Gasteiger partial charge in [0, 0.05) is 13.1 Å². The van der Waals surface area contributed by atoms with E-state index in [1.54, 1.807) is 0 Å². The van der Waals surface area contributed by atoms with Crippen molar-refractivity contribution in [2.75, 3.05) is 40.3 Å². The lowest BCUT2D eigenvalue weighted by atomic mass is 9.93. The van der Waals surface area contributed by atoms with Crippen LogP contribution in [0.1, 0.15) is 48.9 Å². The Morgan fingerprint density at radius 3 is 2.48 bits per heavy atom. The molecule has 0 saturated carbocycles. The van der Waals surface area contributed by atoms with Gasteiger partial charge in [-0.15, -0.1) is 29.9 Å². The molecule has 1 aromatic heterocycles. The first-order valence-electron chi connectivity index (χ1n) is 8.35. The van der Waals surface area contributed by atoms with Crippen LogP contribution < -0.4 is 10.6 Å². The van der Waals surface area contributed by atoms with Crippen LogP contribution in [0.3, 0.4) is 0 Å². The lowest BCUT2D eigenvalue weighted by Gasteiger charge is -2.28. The van der Waals surface area contributed by atoms with E-state index in [1.165, 1.54) is 0 Å². The van der Waals surface area contributed by atoms with Gasteiger partial charge in [0.1, 0.15) is 0 Å². The summed E-state index contributed by atoms with van der Waals surface area (Å²) in [5.74, 6) is -0.130. The molecule has 2 N–H and O–H groups in total. The lowest BCUT2D eigenvalue weighted by molar-refractivity contribution is 0.0923. The number of aromatic nitrogens is 3. The van der Waals surface area contributed by atoms with Crippen molar-refractivity contribution in [3.8, 4) is 0 Å². The van der Waals surface area contributed by atoms with Crippen LogP contribution in [0.25, 0.3) is 0 Å². The Morgan fingerprint density at radius 1 is 1.32 bits per heavy atom. The molecular weight excluding hydrogens is 363 g/mol. The molecule has 1 fully saturated rings. The molecule has 2 rings (SSSR count). The fourth-order valence-electron chi connectivity index (χ4n) is 3.26. The standard InChI is InChI=1S/C16H30N6O.2ClH/c1-12-14(15(23)18-10-16(2,3)11-21(4)5)19-20-22(12)13-6-8-17-9-7-13;;/h13,17H,6-11H2,1-5H3,(H,18,23);2*1H. The van der Waals surface area contributed by atoms with E-state index in [0.29, 0.717) is 18.3 Å². The average molecular weight is 395 g/mol. The van der Waals surface area contributed by atoms with Crippen LogP contribution in [0.2, 0.25) is 0 Å². The van der Waals surface area contributed by atoms with E-state index in [0.717, 1.165) is 38.2 Å². The minimum absolute atomic E-state index is 0. The highest BCUT2D eigenvalue weighted by molar-refractivity contribution is 5.93. The number of amides is 1. The van der Waals surface area contributed by atoms with Crippen molar-refractivity contribution in [2.45, 2.75) is 39.7 Å². The van der Waals surface area contributed by atoms with E-state index in [2.05, 4.69) is 39.7 Å². The van der Waals surface area contributed by atoms with E-state index in [9.17, 15) is 4.79 Å². The van der Waals surface area contributed by atoms with E-state index < -0.39 is 0 Å². The summed E-state index contributed by atoms with van der Waals surface area (Å²) in [5, 5.41) is 14.7. The van der Waals surface area contributed by atoms with Gasteiger partial charge in [0.15, 0.2) is 5.69 Å². The summed E-state index contributed by atoms with van der Waals surface area (Å²) in [5.41, 5.74) is 1.32. The molecule has 1 saturated heterocycles. The maximum absolute atomic E-state index is 12.4. The minimum Gasteiger partial charge on any atom is -0.350 e. The summed E-state index contributed by atoms with van der Waals surface area (Å²) in [6.45, 7) is 9.73. The third-order valence-corrected chi connectivity index (χ3v) is 4.27. The molecule has 1 aliphatic rings. The normalized spacial score (nSPS) is 15.4. The quantitative estimate of drug-likeness (QED) is 0.767. The molecule has 1 aliphatic heterocycles. The average Bonchev–Trinajstić information content (AvgIpc) is 2.86. The zero-order valence-corrected chi connectivity index (χ0v) is 17.5. The monoisotopic (exact) mass is 394 g/mol. The highest BCUT2D eigenvalue weighted by atomic mass is 35.5. The van der Waals surface area contributed by atoms with Gasteiger partial charge in [-0.2, -0.15) is 0 Å². The Balaban J connectivity index is 0.00000288. The molecule has 7 nitrogen and oxygen atoms in total. The van der Waals surface area contributed by atoms with Crippen LogP contribution in [0, 0.1) is 12.3 Å². The number of piperidine rings is 1. The third-order valence-electron chi connectivity index (χ3n) is 4.27. The summed E-state index contributed by atoms with van der Waals surface area (Å²) < 4.78 is 1.92. The van der Waals surface area contributed by atoms with Crippen LogP contribution in [-0.2, 0) is 0 Å². The van der Waals surface area contributed by atoms with E-state index in [4.69, 9.17) is 0 Å². The van der Waals surface area contributed by atoms with Gasteiger partial charge in [-0.1, -0.05) is 19.1 Å². The van der Waals surface area contributed by atoms with Crippen molar-refractivity contribution in [3.05, 3.63) is 11.4 Å². The maximum Gasteiger partial charge on any atom is 0.273 e. The van der Waals surface area contributed by atoms with Crippen molar-refractivity contribution in [2.24, 2.45) is 5.41 Å². The summed E-state index contributed by atoms with van der Waals surface area (Å²) in [6.07, 6.45) is 2.06. The number of carbonyl (C=O) groups excluding carboxylic acids is 1. The van der Waals surface area contributed by atoms with Crippen molar-refractivity contribution >= 4 is 30.7 Å². The lowest BCUT2D eigenvalue weighted by Crippen LogP contribution is -2.40. The smallest absolute Gasteiger partial charge is 0.273 e. The number of nitrogens with one attached hydrogen (secondary N) is 2. The molecule has 25 heavy (non-hydrogen) atoms. The molecule has 0 aliphatic carbocycles. The van der Waals surface area contributed by atoms with Crippen molar-refractivity contribution in [1.29, 1.82) is 0 Å². The molecule has 0 spiro atoms. The van der Waals surface area contributed by atoms with Crippen LogP contribution in [0.4, 0.5) is 0 Å². The van der Waals surface area contributed by atoms with Crippen LogP contribution in [0.15, 0.2) is 0 Å². The van der Waals surface area contributed by atoms with Gasteiger partial charge in [-0.25, -0.2) is 4.68 Å². The minimum atomic E-state index is -0.130. The molecule has 0 radical (unpaired) electrons. The number of nitrogens with zero attached hydrogens (tertiary/aromatic N) is 4. The second-order valence-corrected chi connectivity index (χ2v) is 7.53. The molecule has 0 aromatic carbocycles. The van der Waals surface area contributed by atoms with Crippen LogP contribution >= 0.6 is 24.8 Å². The molecule has 1 amide bonds. The third kappa shape index (κ3) is 6.73. The van der Waals surface area contributed by atoms with Crippen LogP contribution in [-0.4, -0.2) is 66.1 Å². The second-order valence-electron chi connectivity index (χ2n) is 7.53. The first kappa shape index (κ1) is 24.1. The van der Waals surface area contributed by atoms with Gasteiger partial charge in [-0.05, 0) is 52.4 Å². The number of hydrogen-bond acceptors (Lipinski definition) is 5. The SMILES string of the molecule is Cc1c(C(=O)NCC(C)(C)CN(C)C)nnn1C1CCNCC1.Cl.Cl. The molecule has 0 unspecified atom stereocenters. The molecule has 0 bridgehead atoms. The zero-order valence-electron chi connectivity index (χ0n) is 15.8. The molecular formula is C16H32Cl2N6O. The number of rotatable bonds is 6. The predicted molar refractivity (Wildman–Crippen MR) is 105 cm³/mol. The number of halogens is 2. The highest BCUT2D eigenvalue weighted by Crippen LogP contribution is 2.20. The van der Waals surface area contributed by atoms with Gasteiger partial charge in [-0.3, -0.25) is 4.79 Å². The number of hydrogen-bond donors (Lipinski definition) is 2. The van der Waals surface area contributed by atoms with Crippen molar-refractivity contribution < 1.29 is 4.79 Å². The Kier molecular flexibility index (Phi) is 9.94. The van der Waals surface area contributed by atoms with Gasteiger partial charge in [0.2, 0.25) is 0 Å². The van der Waals surface area contributed by atoms with E-state index in [1.807, 2.05) is 25.7 Å². The topological polar surface area (TPSA) is 75.1 Å².